The molecule has 0 aromatic heterocycles. The maximum atomic E-state index is 14.1. The summed E-state index contributed by atoms with van der Waals surface area (Å²) in [6, 6.07) is -18.4. The third kappa shape index (κ3) is 27.7. The van der Waals surface area contributed by atoms with E-state index in [4.69, 9.17) is 11.5 Å². The van der Waals surface area contributed by atoms with Crippen LogP contribution in [-0.4, -0.2) is 222 Å². The van der Waals surface area contributed by atoms with E-state index in [1.54, 1.807) is 40.9 Å². The van der Waals surface area contributed by atoms with E-state index < -0.39 is 225 Å². The molecular weight excluding hydrogens is 1190 g/mol. The Morgan fingerprint density at radius 2 is 0.932 bits per heavy atom. The largest absolute Gasteiger partial charge is 0.481 e. The van der Waals surface area contributed by atoms with Gasteiger partial charge in [-0.25, -0.2) is 4.79 Å². The average Bonchev–Trinajstić information content (AvgIpc) is 4.09. The number of likely N-dealkylation sites (tertiary alicyclic amines) is 1. The van der Waals surface area contributed by atoms with Gasteiger partial charge in [0.1, 0.15) is 60.4 Å². The van der Waals surface area contributed by atoms with Gasteiger partial charge in [-0.2, -0.15) is 11.8 Å². The topological polar surface area (TPSA) is 558 Å². The van der Waals surface area contributed by atoms with Crippen molar-refractivity contribution in [1.82, 2.24) is 52.8 Å². The molecule has 1 aliphatic rings. The van der Waals surface area contributed by atoms with Gasteiger partial charge in [0.2, 0.25) is 65.0 Å². The zero-order chi connectivity index (χ0) is 67.3. The third-order valence-corrected chi connectivity index (χ3v) is 14.6. The van der Waals surface area contributed by atoms with E-state index in [-0.39, 0.29) is 44.1 Å². The van der Waals surface area contributed by atoms with Crippen molar-refractivity contribution in [1.29, 1.82) is 0 Å². The lowest BCUT2D eigenvalue weighted by Gasteiger charge is -2.30. The molecule has 496 valence electrons. The van der Waals surface area contributed by atoms with Gasteiger partial charge in [-0.1, -0.05) is 48.0 Å². The first kappa shape index (κ1) is 77.8. The fraction of sp³-hybridized carbons (Fsp3) is 0.698. The molecule has 0 bridgehead atoms. The van der Waals surface area contributed by atoms with Crippen LogP contribution >= 0.6 is 11.8 Å². The molecule has 0 aliphatic carbocycles. The lowest BCUT2D eigenvalue weighted by atomic mass is 9.97. The van der Waals surface area contributed by atoms with E-state index in [2.05, 4.69) is 42.5 Å². The summed E-state index contributed by atoms with van der Waals surface area (Å²) in [6.07, 6.45) is -4.72. The van der Waals surface area contributed by atoms with Crippen LogP contribution in [0.5, 0.6) is 0 Å². The Balaban J connectivity index is 3.58. The van der Waals surface area contributed by atoms with E-state index in [9.17, 15) is 107 Å². The van der Waals surface area contributed by atoms with Crippen LogP contribution < -0.4 is 59.3 Å². The predicted octanol–water partition coefficient (Wildman–Crippen LogP) is -4.81. The molecule has 35 heteroatoms. The number of aliphatic hydroxyl groups excluding tert-OH is 1. The van der Waals surface area contributed by atoms with Crippen LogP contribution in [0.2, 0.25) is 0 Å². The number of nitrogens with two attached hydrogens (primary N) is 2. The Hall–Kier alpha value is -8.21. The molecule has 1 heterocycles. The van der Waals surface area contributed by atoms with Crippen LogP contribution in [0.4, 0.5) is 0 Å². The fourth-order valence-corrected chi connectivity index (χ4v) is 9.16. The van der Waals surface area contributed by atoms with Crippen molar-refractivity contribution in [2.75, 3.05) is 25.2 Å². The second kappa shape index (κ2) is 38.8. The van der Waals surface area contributed by atoms with Gasteiger partial charge in [-0.15, -0.1) is 0 Å². The van der Waals surface area contributed by atoms with Crippen molar-refractivity contribution in [2.45, 2.75) is 191 Å². The Labute approximate surface area is 511 Å². The summed E-state index contributed by atoms with van der Waals surface area (Å²) in [5, 5.41) is 78.6. The van der Waals surface area contributed by atoms with Crippen molar-refractivity contribution in [3.05, 3.63) is 0 Å². The highest BCUT2D eigenvalue weighted by molar-refractivity contribution is 7.98. The molecule has 0 aromatic rings. The Bertz CT molecular complexity index is 2520. The lowest BCUT2D eigenvalue weighted by Crippen LogP contribution is -2.62. The minimum absolute atomic E-state index is 0.00206. The number of carbonyl (C=O) groups is 16. The summed E-state index contributed by atoms with van der Waals surface area (Å²) < 4.78 is 0. The molecule has 19 N–H and O–H groups in total. The number of nitrogens with zero attached hydrogens (tertiary/aromatic N) is 1. The smallest absolute Gasteiger partial charge is 0.326 e. The van der Waals surface area contributed by atoms with Crippen LogP contribution in [0.3, 0.4) is 0 Å². The van der Waals surface area contributed by atoms with Crippen LogP contribution in [-0.2, 0) is 76.7 Å². The Morgan fingerprint density at radius 3 is 1.33 bits per heavy atom. The number of carboxylic acid groups (broad SMARTS) is 5. The molecule has 1 fully saturated rings. The van der Waals surface area contributed by atoms with Gasteiger partial charge in [0, 0.05) is 25.8 Å². The number of hydrogen-bond donors (Lipinski definition) is 17. The average molecular weight is 1280 g/mol. The molecule has 12 atom stereocenters. The van der Waals surface area contributed by atoms with E-state index >= 15 is 0 Å². The highest BCUT2D eigenvalue weighted by Gasteiger charge is 2.41. The minimum Gasteiger partial charge on any atom is -0.481 e. The molecule has 0 aromatic carbocycles. The number of carboxylic acids is 5. The van der Waals surface area contributed by atoms with Gasteiger partial charge >= 0.3 is 29.8 Å². The zero-order valence-electron chi connectivity index (χ0n) is 50.1. The summed E-state index contributed by atoms with van der Waals surface area (Å²) in [4.78, 5) is 210. The second-order valence-electron chi connectivity index (χ2n) is 21.8. The van der Waals surface area contributed by atoms with Crippen molar-refractivity contribution in [2.24, 2.45) is 29.2 Å². The Morgan fingerprint density at radius 1 is 0.523 bits per heavy atom. The lowest BCUT2D eigenvalue weighted by molar-refractivity contribution is -0.144. The summed E-state index contributed by atoms with van der Waals surface area (Å²) in [5.41, 5.74) is 11.4. The molecule has 0 saturated carbocycles. The summed E-state index contributed by atoms with van der Waals surface area (Å²) >= 11 is 1.30. The van der Waals surface area contributed by atoms with Gasteiger partial charge in [0.25, 0.3) is 0 Å². The van der Waals surface area contributed by atoms with E-state index in [1.165, 1.54) is 23.6 Å². The first-order valence-electron chi connectivity index (χ1n) is 28.4. The maximum Gasteiger partial charge on any atom is 0.326 e. The Kier molecular flexibility index (Phi) is 34.3. The number of thioether (sulfide) groups is 1. The molecular formula is C53H86N12O22S. The van der Waals surface area contributed by atoms with Crippen LogP contribution in [0.15, 0.2) is 0 Å². The molecule has 34 nitrogen and oxygen atoms in total. The number of hydrogen-bond acceptors (Lipinski definition) is 19. The highest BCUT2D eigenvalue weighted by atomic mass is 32.2. The predicted molar refractivity (Wildman–Crippen MR) is 308 cm³/mol. The summed E-state index contributed by atoms with van der Waals surface area (Å²) in [7, 11) is 0. The monoisotopic (exact) mass is 1270 g/mol. The molecule has 1 rings (SSSR count). The summed E-state index contributed by atoms with van der Waals surface area (Å²) in [5.74, 6) is -21.6. The first-order chi connectivity index (χ1) is 41.1. The van der Waals surface area contributed by atoms with E-state index in [0.717, 1.165) is 0 Å². The molecule has 88 heavy (non-hydrogen) atoms. The van der Waals surface area contributed by atoms with Crippen molar-refractivity contribution in [3.63, 3.8) is 0 Å². The van der Waals surface area contributed by atoms with E-state index in [0.29, 0.717) is 12.2 Å². The normalized spacial score (nSPS) is 16.6. The van der Waals surface area contributed by atoms with Crippen molar-refractivity contribution >= 4 is 107 Å². The molecule has 0 spiro atoms. The first-order valence-corrected chi connectivity index (χ1v) is 29.8. The van der Waals surface area contributed by atoms with Crippen molar-refractivity contribution < 1.29 is 107 Å². The van der Waals surface area contributed by atoms with Gasteiger partial charge in [0.15, 0.2) is 0 Å². The van der Waals surface area contributed by atoms with Gasteiger partial charge in [-0.05, 0) is 74.7 Å². The van der Waals surface area contributed by atoms with Crippen molar-refractivity contribution in [3.8, 4) is 0 Å². The number of aliphatic carboxylic acids is 5. The number of aliphatic hydroxyl groups is 1. The van der Waals surface area contributed by atoms with Gasteiger partial charge in [-0.3, -0.25) is 71.9 Å². The SMILES string of the molecule is CC[C@H](C)[C@H](NC(=O)[C@H](CO)NC(=O)[C@@H]1CCCN1C(=O)[C@@H](N)C(C)C)C(=O)N[C@@H](CC(=O)O)C(=O)N[C@@H](CC(=O)O)C(=O)N[C@@H](CCC(N)=O)C(=O)N[C@@H](CCC(=O)O)C(=O)N[C@@H](CCC(=O)O)C(=O)N[C@@H](CC(C)C)C(=O)N[C@@H](CCSC)C(=O)O. The van der Waals surface area contributed by atoms with E-state index in [1.807, 2.05) is 5.32 Å². The zero-order valence-corrected chi connectivity index (χ0v) is 50.9. The minimum atomic E-state index is -2.25. The quantitative estimate of drug-likeness (QED) is 0.0273. The molecule has 0 unspecified atom stereocenters. The molecule has 0 radical (unpaired) electrons. The number of primary amides is 1. The summed E-state index contributed by atoms with van der Waals surface area (Å²) in [6.45, 7) is 8.97. The molecule has 1 aliphatic heterocycles. The standard InChI is InChI=1S/C53H86N12O22S/c1-8-26(6)42(64-49(82)34(23-66)63-50(83)35-10-9-18-65(35)52(85)41(55)25(4)5)51(84)62-33(22-40(74)75)48(81)61-32(21-39(72)73)47(80)58-27(11-14-36(54)67)43(76)56-28(12-15-37(68)69)44(77)57-29(13-16-38(70)71)45(78)60-31(20-24(2)3)46(79)59-30(53(86)87)17-19-88-7/h24-35,41-42,66H,8-23,55H2,1-7H3,(H2,54,67)(H,56,76)(H,57,77)(H,58,80)(H,59,79)(H,60,78)(H,61,81)(H,62,84)(H,63,83)(H,64,82)(H,68,69)(H,70,71)(H,72,73)(H,74,75)(H,86,87)/t26-,27-,28-,29-,30-,31-,32-,33-,34-,35-,41-,42-/m0/s1. The third-order valence-electron chi connectivity index (χ3n) is 13.9. The van der Waals surface area contributed by atoms with Crippen LogP contribution in [0, 0.1) is 17.8 Å². The molecule has 11 amide bonds. The van der Waals surface area contributed by atoms with Gasteiger partial charge in [0.05, 0.1) is 25.5 Å². The number of amides is 11. The maximum absolute atomic E-state index is 14.1. The second-order valence-corrected chi connectivity index (χ2v) is 22.8. The molecule has 1 saturated heterocycles. The fourth-order valence-electron chi connectivity index (χ4n) is 8.69. The number of nitrogens with one attached hydrogen (secondary N) is 9. The number of carbonyl (C=O) groups excluding carboxylic acids is 11. The highest BCUT2D eigenvalue weighted by Crippen LogP contribution is 2.21. The van der Waals surface area contributed by atoms with Crippen LogP contribution in [0.25, 0.3) is 0 Å². The number of rotatable bonds is 42. The van der Waals surface area contributed by atoms with Gasteiger partial charge < -0.3 is 94.9 Å². The van der Waals surface area contributed by atoms with Crippen LogP contribution in [0.1, 0.15) is 125 Å².